The van der Waals surface area contributed by atoms with E-state index in [4.69, 9.17) is 5.73 Å². The smallest absolute Gasteiger partial charge is 0.144 e. The van der Waals surface area contributed by atoms with E-state index < -0.39 is 0 Å². The van der Waals surface area contributed by atoms with Gasteiger partial charge in [-0.2, -0.15) is 5.10 Å². The number of nitrogens with zero attached hydrogens (tertiary/aromatic N) is 3. The largest absolute Gasteiger partial charge is 0.397 e. The third-order valence-electron chi connectivity index (χ3n) is 2.08. The molecular weight excluding hydrogens is 270 g/mol. The van der Waals surface area contributed by atoms with Gasteiger partial charge < -0.3 is 11.1 Å². The van der Waals surface area contributed by atoms with Crippen LogP contribution < -0.4 is 11.1 Å². The second-order valence-corrected chi connectivity index (χ2v) is 4.16. The van der Waals surface area contributed by atoms with Crippen LogP contribution in [0.15, 0.2) is 29.1 Å². The van der Waals surface area contributed by atoms with Crippen LogP contribution in [0.1, 0.15) is 6.92 Å². The summed E-state index contributed by atoms with van der Waals surface area (Å²) in [7, 11) is 0. The fourth-order valence-electron chi connectivity index (χ4n) is 1.28. The van der Waals surface area contributed by atoms with E-state index in [1.807, 2.05) is 17.8 Å². The third-order valence-corrected chi connectivity index (χ3v) is 2.69. The number of rotatable bonds is 3. The number of hydrogen-bond donors (Lipinski definition) is 2. The molecule has 0 bridgehead atoms. The van der Waals surface area contributed by atoms with E-state index in [-0.39, 0.29) is 0 Å². The summed E-state index contributed by atoms with van der Waals surface area (Å²) < 4.78 is 2.67. The first-order valence-corrected chi connectivity index (χ1v) is 5.69. The van der Waals surface area contributed by atoms with Gasteiger partial charge in [-0.15, -0.1) is 0 Å². The molecule has 2 aromatic heterocycles. The van der Waals surface area contributed by atoms with Gasteiger partial charge in [-0.1, -0.05) is 0 Å². The van der Waals surface area contributed by atoms with Gasteiger partial charge >= 0.3 is 0 Å². The van der Waals surface area contributed by atoms with E-state index in [1.54, 1.807) is 18.5 Å². The lowest BCUT2D eigenvalue weighted by molar-refractivity contribution is 0.660. The molecule has 0 saturated carbocycles. The Bertz CT molecular complexity index is 494. The van der Waals surface area contributed by atoms with Crippen LogP contribution in [-0.2, 0) is 6.54 Å². The topological polar surface area (TPSA) is 68.8 Å². The van der Waals surface area contributed by atoms with Gasteiger partial charge in [0.2, 0.25) is 0 Å². The summed E-state index contributed by atoms with van der Waals surface area (Å²) in [6, 6.07) is 1.81. The second kappa shape index (κ2) is 4.52. The zero-order valence-corrected chi connectivity index (χ0v) is 10.4. The number of nitrogens with two attached hydrogens (primary N) is 1. The first-order chi connectivity index (χ1) is 7.69. The molecule has 2 heterocycles. The Balaban J connectivity index is 2.20. The molecule has 3 N–H and O–H groups in total. The van der Waals surface area contributed by atoms with Crippen LogP contribution in [-0.4, -0.2) is 14.8 Å². The van der Waals surface area contributed by atoms with Crippen molar-refractivity contribution in [3.05, 3.63) is 29.1 Å². The maximum absolute atomic E-state index is 5.61. The van der Waals surface area contributed by atoms with Crippen molar-refractivity contribution in [2.75, 3.05) is 11.1 Å². The molecule has 0 spiro atoms. The molecule has 0 saturated heterocycles. The molecule has 2 rings (SSSR count). The quantitative estimate of drug-likeness (QED) is 0.907. The van der Waals surface area contributed by atoms with Crippen LogP contribution in [0.25, 0.3) is 0 Å². The number of hydrogen-bond acceptors (Lipinski definition) is 4. The summed E-state index contributed by atoms with van der Waals surface area (Å²) in [5.74, 6) is 0.727. The molecule has 0 aliphatic heterocycles. The standard InChI is InChI=1S/C10H12BrN5/c1-2-16-6-8(5-14-16)15-10-9(11)3-7(12)4-13-10/h3-6H,2,12H2,1H3,(H,13,15). The number of anilines is 3. The van der Waals surface area contributed by atoms with Gasteiger partial charge in [-0.25, -0.2) is 4.98 Å². The Labute approximate surface area is 102 Å². The lowest BCUT2D eigenvalue weighted by Gasteiger charge is -2.05. The Morgan fingerprint density at radius 2 is 2.31 bits per heavy atom. The molecule has 0 aromatic carbocycles. The predicted molar refractivity (Wildman–Crippen MR) is 67.5 cm³/mol. The average molecular weight is 282 g/mol. The third kappa shape index (κ3) is 2.33. The summed E-state index contributed by atoms with van der Waals surface area (Å²) in [6.07, 6.45) is 5.29. The van der Waals surface area contributed by atoms with Crippen molar-refractivity contribution in [3.8, 4) is 0 Å². The number of nitrogen functional groups attached to an aromatic ring is 1. The number of halogens is 1. The Morgan fingerprint density at radius 1 is 1.50 bits per heavy atom. The molecule has 84 valence electrons. The van der Waals surface area contributed by atoms with Crippen LogP contribution >= 0.6 is 15.9 Å². The number of nitrogens with one attached hydrogen (secondary N) is 1. The number of aromatic nitrogens is 3. The van der Waals surface area contributed by atoms with Crippen LogP contribution in [0, 0.1) is 0 Å². The zero-order chi connectivity index (χ0) is 11.5. The molecule has 5 nitrogen and oxygen atoms in total. The summed E-state index contributed by atoms with van der Waals surface area (Å²) >= 11 is 3.40. The van der Waals surface area contributed by atoms with Gasteiger partial charge in [-0.05, 0) is 28.9 Å². The molecule has 0 aliphatic carbocycles. The predicted octanol–water partition coefficient (Wildman–Crippen LogP) is 2.39. The van der Waals surface area contributed by atoms with Crippen molar-refractivity contribution in [2.45, 2.75) is 13.5 Å². The second-order valence-electron chi connectivity index (χ2n) is 3.31. The molecule has 0 aliphatic rings. The Morgan fingerprint density at radius 3 is 2.94 bits per heavy atom. The van der Waals surface area contributed by atoms with E-state index in [1.165, 1.54) is 0 Å². The summed E-state index contributed by atoms with van der Waals surface area (Å²) in [4.78, 5) is 4.19. The van der Waals surface area contributed by atoms with E-state index in [0.29, 0.717) is 5.69 Å². The van der Waals surface area contributed by atoms with Gasteiger partial charge in [0.1, 0.15) is 5.82 Å². The summed E-state index contributed by atoms with van der Waals surface area (Å²) in [6.45, 7) is 2.88. The molecule has 6 heteroatoms. The molecule has 0 radical (unpaired) electrons. The fourth-order valence-corrected chi connectivity index (χ4v) is 1.75. The maximum Gasteiger partial charge on any atom is 0.144 e. The van der Waals surface area contributed by atoms with Crippen LogP contribution in [0.5, 0.6) is 0 Å². The molecule has 0 fully saturated rings. The minimum Gasteiger partial charge on any atom is -0.397 e. The van der Waals surface area contributed by atoms with Crippen LogP contribution in [0.2, 0.25) is 0 Å². The normalized spacial score (nSPS) is 10.4. The molecule has 0 amide bonds. The SMILES string of the molecule is CCn1cc(Nc2ncc(N)cc2Br)cn1. The van der Waals surface area contributed by atoms with Crippen molar-refractivity contribution in [3.63, 3.8) is 0 Å². The highest BCUT2D eigenvalue weighted by Gasteiger charge is 2.03. The average Bonchev–Trinajstić information content (AvgIpc) is 2.70. The molecular formula is C10H12BrN5. The lowest BCUT2D eigenvalue weighted by Crippen LogP contribution is -1.96. The fraction of sp³-hybridized carbons (Fsp3) is 0.200. The van der Waals surface area contributed by atoms with Crippen molar-refractivity contribution in [1.29, 1.82) is 0 Å². The Hall–Kier alpha value is -1.56. The van der Waals surface area contributed by atoms with E-state index in [2.05, 4.69) is 31.3 Å². The maximum atomic E-state index is 5.61. The van der Waals surface area contributed by atoms with Crippen LogP contribution in [0.4, 0.5) is 17.2 Å². The highest BCUT2D eigenvalue weighted by Crippen LogP contribution is 2.24. The van der Waals surface area contributed by atoms with Gasteiger partial charge in [0.15, 0.2) is 0 Å². The van der Waals surface area contributed by atoms with Crippen molar-refractivity contribution >= 4 is 33.1 Å². The number of pyridine rings is 1. The highest BCUT2D eigenvalue weighted by molar-refractivity contribution is 9.10. The summed E-state index contributed by atoms with van der Waals surface area (Å²) in [5.41, 5.74) is 7.14. The van der Waals surface area contributed by atoms with Crippen molar-refractivity contribution < 1.29 is 0 Å². The minimum absolute atomic E-state index is 0.627. The molecule has 2 aromatic rings. The molecule has 16 heavy (non-hydrogen) atoms. The van der Waals surface area contributed by atoms with Crippen LogP contribution in [0.3, 0.4) is 0 Å². The summed E-state index contributed by atoms with van der Waals surface area (Å²) in [5, 5.41) is 7.32. The first-order valence-electron chi connectivity index (χ1n) is 4.89. The molecule has 0 unspecified atom stereocenters. The minimum atomic E-state index is 0.627. The zero-order valence-electron chi connectivity index (χ0n) is 8.81. The van der Waals surface area contributed by atoms with Gasteiger partial charge in [-0.3, -0.25) is 4.68 Å². The monoisotopic (exact) mass is 281 g/mol. The van der Waals surface area contributed by atoms with Gasteiger partial charge in [0.05, 0.1) is 28.2 Å². The highest BCUT2D eigenvalue weighted by atomic mass is 79.9. The Kier molecular flexibility index (Phi) is 3.09. The van der Waals surface area contributed by atoms with Gasteiger partial charge in [0, 0.05) is 12.7 Å². The van der Waals surface area contributed by atoms with Crippen molar-refractivity contribution in [2.24, 2.45) is 0 Å². The van der Waals surface area contributed by atoms with E-state index in [0.717, 1.165) is 22.5 Å². The first kappa shape index (κ1) is 10.9. The lowest BCUT2D eigenvalue weighted by atomic mass is 10.4. The van der Waals surface area contributed by atoms with Crippen molar-refractivity contribution in [1.82, 2.24) is 14.8 Å². The molecule has 0 atom stereocenters. The van der Waals surface area contributed by atoms with E-state index >= 15 is 0 Å². The number of aryl methyl sites for hydroxylation is 1. The van der Waals surface area contributed by atoms with E-state index in [9.17, 15) is 0 Å². The van der Waals surface area contributed by atoms with Gasteiger partial charge in [0.25, 0.3) is 0 Å².